The summed E-state index contributed by atoms with van der Waals surface area (Å²) in [7, 11) is 1.59. The van der Waals surface area contributed by atoms with E-state index < -0.39 is 0 Å². The molecule has 0 spiro atoms. The van der Waals surface area contributed by atoms with Crippen molar-refractivity contribution in [2.24, 2.45) is 0 Å². The van der Waals surface area contributed by atoms with Gasteiger partial charge in [-0.2, -0.15) is 0 Å². The van der Waals surface area contributed by atoms with Crippen LogP contribution in [0.5, 0.6) is 5.75 Å². The van der Waals surface area contributed by atoms with Crippen LogP contribution in [-0.4, -0.2) is 43.6 Å². The molecule has 1 aromatic heterocycles. The lowest BCUT2D eigenvalue weighted by Gasteiger charge is -2.31. The van der Waals surface area contributed by atoms with E-state index in [1.165, 1.54) is 0 Å². The Kier molecular flexibility index (Phi) is 5.26. The van der Waals surface area contributed by atoms with Crippen LogP contribution in [0.2, 0.25) is 0 Å². The molecular weight excluding hydrogens is 372 g/mol. The maximum atomic E-state index is 12.6. The fraction of sp³-hybridized carbons (Fsp3) is 0.389. The number of carbonyl (C=O) groups is 1. The van der Waals surface area contributed by atoms with Crippen molar-refractivity contribution in [3.8, 4) is 5.75 Å². The van der Waals surface area contributed by atoms with Crippen LogP contribution >= 0.6 is 15.9 Å². The van der Waals surface area contributed by atoms with E-state index in [0.717, 1.165) is 37.9 Å². The second-order valence-electron chi connectivity index (χ2n) is 5.98. The first-order chi connectivity index (χ1) is 11.6. The zero-order valence-corrected chi connectivity index (χ0v) is 15.3. The van der Waals surface area contributed by atoms with E-state index in [9.17, 15) is 4.79 Å². The number of ether oxygens (including phenoxy) is 1. The van der Waals surface area contributed by atoms with E-state index in [1.54, 1.807) is 19.2 Å². The van der Waals surface area contributed by atoms with Gasteiger partial charge in [-0.15, -0.1) is 6.58 Å². The van der Waals surface area contributed by atoms with Crippen molar-refractivity contribution < 1.29 is 13.9 Å². The molecule has 1 aliphatic rings. The highest BCUT2D eigenvalue weighted by molar-refractivity contribution is 9.10. The van der Waals surface area contributed by atoms with E-state index in [-0.39, 0.29) is 11.9 Å². The molecule has 6 heteroatoms. The van der Waals surface area contributed by atoms with Gasteiger partial charge in [0.05, 0.1) is 12.5 Å². The minimum Gasteiger partial charge on any atom is -0.496 e. The zero-order chi connectivity index (χ0) is 17.1. The Morgan fingerprint density at radius 3 is 2.88 bits per heavy atom. The van der Waals surface area contributed by atoms with Gasteiger partial charge in [0.25, 0.3) is 5.91 Å². The second-order valence-corrected chi connectivity index (χ2v) is 6.76. The maximum Gasteiger partial charge on any atom is 0.251 e. The molecule has 2 aromatic rings. The smallest absolute Gasteiger partial charge is 0.251 e. The molecule has 0 aliphatic carbocycles. The summed E-state index contributed by atoms with van der Waals surface area (Å²) in [6, 6.07) is 5.55. The van der Waals surface area contributed by atoms with E-state index in [1.807, 2.05) is 12.1 Å². The van der Waals surface area contributed by atoms with Crippen LogP contribution in [0.3, 0.4) is 0 Å². The highest BCUT2D eigenvalue weighted by Gasteiger charge is 2.21. The van der Waals surface area contributed by atoms with Gasteiger partial charge in [-0.25, -0.2) is 0 Å². The van der Waals surface area contributed by atoms with Crippen LogP contribution in [0.4, 0.5) is 0 Å². The SMILES string of the molecule is C=CCN1CCC(NC(=O)c2cc(OC)c3cc(Br)oc3c2)CC1. The average molecular weight is 393 g/mol. The number of amides is 1. The molecule has 5 nitrogen and oxygen atoms in total. The van der Waals surface area contributed by atoms with Crippen molar-refractivity contribution in [2.75, 3.05) is 26.7 Å². The number of hydrogen-bond acceptors (Lipinski definition) is 4. The van der Waals surface area contributed by atoms with Gasteiger partial charge < -0.3 is 14.5 Å². The summed E-state index contributed by atoms with van der Waals surface area (Å²) in [6.45, 7) is 6.63. The molecule has 24 heavy (non-hydrogen) atoms. The molecule has 0 unspecified atom stereocenters. The predicted molar refractivity (Wildman–Crippen MR) is 97.6 cm³/mol. The van der Waals surface area contributed by atoms with Gasteiger partial charge in [-0.3, -0.25) is 9.69 Å². The number of hydrogen-bond donors (Lipinski definition) is 1. The fourth-order valence-electron chi connectivity index (χ4n) is 3.09. The first kappa shape index (κ1) is 17.0. The van der Waals surface area contributed by atoms with E-state index in [0.29, 0.717) is 21.6 Å². The quantitative estimate of drug-likeness (QED) is 0.789. The van der Waals surface area contributed by atoms with Crippen molar-refractivity contribution in [1.82, 2.24) is 10.2 Å². The maximum absolute atomic E-state index is 12.6. The Labute approximate surface area is 149 Å². The highest BCUT2D eigenvalue weighted by Crippen LogP contribution is 2.32. The molecule has 1 amide bonds. The molecule has 0 atom stereocenters. The van der Waals surface area contributed by atoms with Crippen LogP contribution in [0.15, 0.2) is 39.9 Å². The number of likely N-dealkylation sites (tertiary alicyclic amines) is 1. The van der Waals surface area contributed by atoms with Crippen molar-refractivity contribution >= 4 is 32.8 Å². The van der Waals surface area contributed by atoms with Gasteiger partial charge in [0.15, 0.2) is 4.67 Å². The summed E-state index contributed by atoms with van der Waals surface area (Å²) in [5, 5.41) is 3.97. The molecule has 0 saturated carbocycles. The summed E-state index contributed by atoms with van der Waals surface area (Å²) in [4.78, 5) is 14.9. The largest absolute Gasteiger partial charge is 0.496 e. The number of nitrogens with zero attached hydrogens (tertiary/aromatic N) is 1. The van der Waals surface area contributed by atoms with Crippen LogP contribution in [0.1, 0.15) is 23.2 Å². The van der Waals surface area contributed by atoms with Crippen molar-refractivity contribution in [3.63, 3.8) is 0 Å². The fourth-order valence-corrected chi connectivity index (χ4v) is 3.49. The third-order valence-corrected chi connectivity index (χ3v) is 4.75. The van der Waals surface area contributed by atoms with Crippen LogP contribution < -0.4 is 10.1 Å². The van der Waals surface area contributed by atoms with Crippen molar-refractivity contribution in [1.29, 1.82) is 0 Å². The zero-order valence-electron chi connectivity index (χ0n) is 13.7. The van der Waals surface area contributed by atoms with Crippen molar-refractivity contribution in [2.45, 2.75) is 18.9 Å². The van der Waals surface area contributed by atoms with Gasteiger partial charge in [0.2, 0.25) is 0 Å². The van der Waals surface area contributed by atoms with Gasteiger partial charge in [0.1, 0.15) is 11.3 Å². The minimum absolute atomic E-state index is 0.0927. The predicted octanol–water partition coefficient (Wildman–Crippen LogP) is 3.58. The molecule has 0 radical (unpaired) electrons. The van der Waals surface area contributed by atoms with E-state index in [2.05, 4.69) is 32.7 Å². The lowest BCUT2D eigenvalue weighted by Crippen LogP contribution is -2.44. The second kappa shape index (κ2) is 7.40. The number of benzene rings is 1. The molecular formula is C18H21BrN2O3. The topological polar surface area (TPSA) is 54.7 Å². The Morgan fingerprint density at radius 2 is 2.21 bits per heavy atom. The molecule has 2 heterocycles. The monoisotopic (exact) mass is 392 g/mol. The van der Waals surface area contributed by atoms with E-state index in [4.69, 9.17) is 9.15 Å². The Morgan fingerprint density at radius 1 is 1.46 bits per heavy atom. The van der Waals surface area contributed by atoms with Crippen LogP contribution in [-0.2, 0) is 0 Å². The number of nitrogens with one attached hydrogen (secondary N) is 1. The number of carbonyl (C=O) groups excluding carboxylic acids is 1. The molecule has 128 valence electrons. The van der Waals surface area contributed by atoms with Gasteiger partial charge in [-0.05, 0) is 40.9 Å². The molecule has 1 aromatic carbocycles. The van der Waals surface area contributed by atoms with Crippen LogP contribution in [0, 0.1) is 0 Å². The molecule has 3 rings (SSSR count). The number of methoxy groups -OCH3 is 1. The minimum atomic E-state index is -0.0927. The standard InChI is InChI=1S/C18H21BrN2O3/c1-3-6-21-7-4-13(5-8-21)20-18(22)12-9-15(23-2)14-11-17(19)24-16(14)10-12/h3,9-11,13H,1,4-8H2,2H3,(H,20,22). The lowest BCUT2D eigenvalue weighted by atomic mass is 10.0. The first-order valence-corrected chi connectivity index (χ1v) is 8.81. The van der Waals surface area contributed by atoms with E-state index >= 15 is 0 Å². The third kappa shape index (κ3) is 3.65. The molecule has 1 fully saturated rings. The number of furan rings is 1. The van der Waals surface area contributed by atoms with Crippen molar-refractivity contribution in [3.05, 3.63) is 41.1 Å². The number of fused-ring (bicyclic) bond motifs is 1. The Hall–Kier alpha value is -1.79. The summed E-state index contributed by atoms with van der Waals surface area (Å²) in [5.74, 6) is 0.540. The highest BCUT2D eigenvalue weighted by atomic mass is 79.9. The molecule has 1 N–H and O–H groups in total. The number of rotatable bonds is 5. The molecule has 0 bridgehead atoms. The first-order valence-electron chi connectivity index (χ1n) is 8.02. The average Bonchev–Trinajstić information content (AvgIpc) is 2.96. The number of halogens is 1. The summed E-state index contributed by atoms with van der Waals surface area (Å²) >= 11 is 3.31. The Bertz CT molecular complexity index is 748. The Balaban J connectivity index is 1.71. The summed E-state index contributed by atoms with van der Waals surface area (Å²) < 4.78 is 11.6. The lowest BCUT2D eigenvalue weighted by molar-refractivity contribution is 0.0914. The number of piperidine rings is 1. The normalized spacial score (nSPS) is 16.2. The van der Waals surface area contributed by atoms with Crippen LogP contribution in [0.25, 0.3) is 11.0 Å². The van der Waals surface area contributed by atoms with Gasteiger partial charge in [-0.1, -0.05) is 6.08 Å². The summed E-state index contributed by atoms with van der Waals surface area (Å²) in [6.07, 6.45) is 3.82. The van der Waals surface area contributed by atoms with Gasteiger partial charge in [0, 0.05) is 37.3 Å². The summed E-state index contributed by atoms with van der Waals surface area (Å²) in [5.41, 5.74) is 1.18. The third-order valence-electron chi connectivity index (χ3n) is 4.36. The molecule has 1 saturated heterocycles. The molecule has 1 aliphatic heterocycles. The van der Waals surface area contributed by atoms with Gasteiger partial charge >= 0.3 is 0 Å².